The van der Waals surface area contributed by atoms with E-state index in [0.29, 0.717) is 44.9 Å². The Labute approximate surface area is 151 Å². The highest BCUT2D eigenvalue weighted by Crippen LogP contribution is 2.52. The van der Waals surface area contributed by atoms with Gasteiger partial charge in [0.25, 0.3) is 0 Å². The zero-order chi connectivity index (χ0) is 18.6. The minimum atomic E-state index is -4.18. The van der Waals surface area contributed by atoms with Crippen molar-refractivity contribution in [2.45, 2.75) is 62.7 Å². The average molecular weight is 375 g/mol. The number of piperidine rings is 1. The lowest BCUT2D eigenvalue weighted by molar-refractivity contribution is -0.213. The molecule has 0 bridgehead atoms. The van der Waals surface area contributed by atoms with Crippen LogP contribution in [0.25, 0.3) is 0 Å². The Kier molecular flexibility index (Phi) is 4.42. The van der Waals surface area contributed by atoms with E-state index in [9.17, 15) is 18.0 Å². The minimum Gasteiger partial charge on any atom is -0.465 e. The molecule has 0 aromatic carbocycles. The van der Waals surface area contributed by atoms with Gasteiger partial charge in [0.2, 0.25) is 0 Å². The third-order valence-electron chi connectivity index (χ3n) is 7.48. The van der Waals surface area contributed by atoms with Gasteiger partial charge in [-0.05, 0) is 75.9 Å². The lowest BCUT2D eigenvalue weighted by atomic mass is 9.64. The zero-order valence-electron chi connectivity index (χ0n) is 15.0. The van der Waals surface area contributed by atoms with Crippen LogP contribution in [-0.2, 0) is 0 Å². The SMILES string of the molecule is O=C(O)N1CCC2(CC(N3CCC([C@@]4(C(F)(F)F)CCCN4)CC3)C2)C1. The van der Waals surface area contributed by atoms with E-state index < -0.39 is 17.8 Å². The first kappa shape index (κ1) is 18.3. The van der Waals surface area contributed by atoms with Gasteiger partial charge < -0.3 is 20.2 Å². The summed E-state index contributed by atoms with van der Waals surface area (Å²) in [5, 5.41) is 11.9. The molecule has 5 nitrogen and oxygen atoms in total. The first-order valence-electron chi connectivity index (χ1n) is 9.78. The van der Waals surface area contributed by atoms with Crippen LogP contribution in [0.5, 0.6) is 0 Å². The van der Waals surface area contributed by atoms with Crippen LogP contribution in [0.15, 0.2) is 0 Å². The predicted octanol–water partition coefficient (Wildman–Crippen LogP) is 2.92. The minimum absolute atomic E-state index is 0.125. The van der Waals surface area contributed by atoms with E-state index in [1.165, 1.54) is 4.90 Å². The molecule has 4 fully saturated rings. The highest BCUT2D eigenvalue weighted by molar-refractivity contribution is 5.65. The number of halogens is 3. The van der Waals surface area contributed by atoms with Gasteiger partial charge in [0.1, 0.15) is 5.54 Å². The third kappa shape index (κ3) is 2.89. The molecule has 0 aromatic rings. The second kappa shape index (κ2) is 6.26. The molecule has 1 aliphatic carbocycles. The summed E-state index contributed by atoms with van der Waals surface area (Å²) < 4.78 is 41.1. The number of nitrogens with zero attached hydrogens (tertiary/aromatic N) is 2. The summed E-state index contributed by atoms with van der Waals surface area (Å²) in [5.41, 5.74) is -1.55. The van der Waals surface area contributed by atoms with Crippen LogP contribution < -0.4 is 5.32 Å². The van der Waals surface area contributed by atoms with Gasteiger partial charge in [0, 0.05) is 19.1 Å². The molecule has 4 rings (SSSR count). The van der Waals surface area contributed by atoms with Crippen LogP contribution in [0.1, 0.15) is 44.9 Å². The molecule has 3 heterocycles. The van der Waals surface area contributed by atoms with Gasteiger partial charge in [0.05, 0.1) is 0 Å². The van der Waals surface area contributed by atoms with Gasteiger partial charge in [-0.15, -0.1) is 0 Å². The number of hydrogen-bond acceptors (Lipinski definition) is 3. The molecule has 4 aliphatic rings. The fourth-order valence-corrected chi connectivity index (χ4v) is 5.98. The van der Waals surface area contributed by atoms with Crippen molar-refractivity contribution < 1.29 is 23.1 Å². The second-order valence-electron chi connectivity index (χ2n) is 8.83. The Morgan fingerprint density at radius 2 is 1.81 bits per heavy atom. The topological polar surface area (TPSA) is 55.8 Å². The van der Waals surface area contributed by atoms with Crippen LogP contribution in [-0.4, -0.2) is 71.5 Å². The van der Waals surface area contributed by atoms with Crippen molar-refractivity contribution in [1.29, 1.82) is 0 Å². The number of hydrogen-bond donors (Lipinski definition) is 2. The average Bonchev–Trinajstić information content (AvgIpc) is 3.21. The highest BCUT2D eigenvalue weighted by Gasteiger charge is 2.60. The summed E-state index contributed by atoms with van der Waals surface area (Å²) in [4.78, 5) is 15.0. The Hall–Kier alpha value is -1.02. The van der Waals surface area contributed by atoms with E-state index in [1.807, 2.05) is 0 Å². The van der Waals surface area contributed by atoms with Gasteiger partial charge in [0.15, 0.2) is 0 Å². The Balaban J connectivity index is 1.31. The number of rotatable bonds is 2. The summed E-state index contributed by atoms with van der Waals surface area (Å²) in [7, 11) is 0. The first-order valence-corrected chi connectivity index (χ1v) is 9.78. The van der Waals surface area contributed by atoms with Crippen molar-refractivity contribution in [3.05, 3.63) is 0 Å². The molecule has 0 radical (unpaired) electrons. The molecule has 26 heavy (non-hydrogen) atoms. The monoisotopic (exact) mass is 375 g/mol. The molecule has 148 valence electrons. The van der Waals surface area contributed by atoms with Crippen LogP contribution >= 0.6 is 0 Å². The maximum absolute atomic E-state index is 13.7. The number of likely N-dealkylation sites (tertiary alicyclic amines) is 2. The predicted molar refractivity (Wildman–Crippen MR) is 90.0 cm³/mol. The van der Waals surface area contributed by atoms with Crippen LogP contribution in [0.3, 0.4) is 0 Å². The Morgan fingerprint density at radius 1 is 1.12 bits per heavy atom. The molecular weight excluding hydrogens is 347 g/mol. The number of carbonyl (C=O) groups is 1. The number of carboxylic acid groups (broad SMARTS) is 1. The molecular formula is C18H28F3N3O2. The largest absolute Gasteiger partial charge is 0.465 e. The van der Waals surface area contributed by atoms with E-state index in [4.69, 9.17) is 5.11 Å². The molecule has 3 saturated heterocycles. The number of nitrogens with one attached hydrogen (secondary N) is 1. The van der Waals surface area contributed by atoms with Crippen LogP contribution in [0.2, 0.25) is 0 Å². The quantitative estimate of drug-likeness (QED) is 0.779. The molecule has 1 amide bonds. The molecule has 1 spiro atoms. The Bertz CT molecular complexity index is 548. The highest BCUT2D eigenvalue weighted by atomic mass is 19.4. The molecule has 0 aromatic heterocycles. The maximum Gasteiger partial charge on any atom is 0.407 e. The fourth-order valence-electron chi connectivity index (χ4n) is 5.98. The van der Waals surface area contributed by atoms with Gasteiger partial charge in [-0.2, -0.15) is 13.2 Å². The van der Waals surface area contributed by atoms with E-state index >= 15 is 0 Å². The summed E-state index contributed by atoms with van der Waals surface area (Å²) in [5.74, 6) is -0.329. The maximum atomic E-state index is 13.7. The number of alkyl halides is 3. The van der Waals surface area contributed by atoms with E-state index in [-0.39, 0.29) is 17.8 Å². The number of amides is 1. The molecule has 2 N–H and O–H groups in total. The van der Waals surface area contributed by atoms with Gasteiger partial charge in [-0.25, -0.2) is 4.79 Å². The van der Waals surface area contributed by atoms with Crippen molar-refractivity contribution >= 4 is 6.09 Å². The normalized spacial score (nSPS) is 39.5. The van der Waals surface area contributed by atoms with Gasteiger partial charge in [-0.1, -0.05) is 0 Å². The molecule has 8 heteroatoms. The van der Waals surface area contributed by atoms with Crippen molar-refractivity contribution in [2.75, 3.05) is 32.7 Å². The zero-order valence-corrected chi connectivity index (χ0v) is 15.0. The van der Waals surface area contributed by atoms with E-state index in [2.05, 4.69) is 10.2 Å². The first-order chi connectivity index (χ1) is 12.2. The van der Waals surface area contributed by atoms with Crippen LogP contribution in [0, 0.1) is 11.3 Å². The van der Waals surface area contributed by atoms with E-state index in [0.717, 1.165) is 32.4 Å². The van der Waals surface area contributed by atoms with Gasteiger partial charge in [-0.3, -0.25) is 0 Å². The molecule has 1 saturated carbocycles. The van der Waals surface area contributed by atoms with Crippen molar-refractivity contribution in [1.82, 2.24) is 15.1 Å². The molecule has 1 atom stereocenters. The van der Waals surface area contributed by atoms with Crippen molar-refractivity contribution in [2.24, 2.45) is 11.3 Å². The summed E-state index contributed by atoms with van der Waals surface area (Å²) in [6.45, 7) is 3.16. The summed E-state index contributed by atoms with van der Waals surface area (Å²) in [6.07, 6.45) is -0.117. The molecule has 3 aliphatic heterocycles. The van der Waals surface area contributed by atoms with Crippen molar-refractivity contribution in [3.8, 4) is 0 Å². The van der Waals surface area contributed by atoms with Gasteiger partial charge >= 0.3 is 12.3 Å². The standard InChI is InChI=1S/C18H28F3N3O2/c19-18(20,21)17(4-1-6-22-17)13-2-7-23(8-3-13)14-10-16(11-14)5-9-24(12-16)15(25)26/h13-14,22H,1-12H2,(H,25,26)/t14?,16?,17-/m1/s1. The lowest BCUT2D eigenvalue weighted by Crippen LogP contribution is -2.61. The summed E-state index contributed by atoms with van der Waals surface area (Å²) >= 11 is 0. The summed E-state index contributed by atoms with van der Waals surface area (Å²) in [6, 6.07) is 0.420. The smallest absolute Gasteiger partial charge is 0.407 e. The lowest BCUT2D eigenvalue weighted by Gasteiger charge is -2.53. The van der Waals surface area contributed by atoms with E-state index in [1.54, 1.807) is 0 Å². The van der Waals surface area contributed by atoms with Crippen molar-refractivity contribution in [3.63, 3.8) is 0 Å². The van der Waals surface area contributed by atoms with Crippen LogP contribution in [0.4, 0.5) is 18.0 Å². The Morgan fingerprint density at radius 3 is 2.31 bits per heavy atom. The fraction of sp³-hybridized carbons (Fsp3) is 0.944. The third-order valence-corrected chi connectivity index (χ3v) is 7.48. The second-order valence-corrected chi connectivity index (χ2v) is 8.83. The molecule has 0 unspecified atom stereocenters.